The summed E-state index contributed by atoms with van der Waals surface area (Å²) in [6, 6.07) is 16.4. The van der Waals surface area contributed by atoms with Crippen molar-refractivity contribution in [2.45, 2.75) is 25.8 Å². The number of aromatic nitrogens is 2. The highest BCUT2D eigenvalue weighted by atomic mass is 35.5. The highest BCUT2D eigenvalue weighted by Crippen LogP contribution is 2.33. The maximum Gasteiger partial charge on any atom is 0.225 e. The first kappa shape index (κ1) is 18.4. The second-order valence-electron chi connectivity index (χ2n) is 8.20. The summed E-state index contributed by atoms with van der Waals surface area (Å²) < 4.78 is 2.23. The van der Waals surface area contributed by atoms with Gasteiger partial charge in [0.15, 0.2) is 0 Å². The van der Waals surface area contributed by atoms with E-state index in [0.29, 0.717) is 17.7 Å². The van der Waals surface area contributed by atoms with Crippen molar-refractivity contribution in [3.8, 4) is 22.5 Å². The number of likely N-dealkylation sites (tertiary alicyclic amines) is 1. The van der Waals surface area contributed by atoms with Gasteiger partial charge in [-0.2, -0.15) is 0 Å². The first-order chi connectivity index (χ1) is 14.2. The molecule has 29 heavy (non-hydrogen) atoms. The topological polar surface area (TPSA) is 38.1 Å². The van der Waals surface area contributed by atoms with Crippen LogP contribution in [-0.2, 0) is 11.3 Å². The molecule has 4 nitrogen and oxygen atoms in total. The van der Waals surface area contributed by atoms with E-state index in [1.165, 1.54) is 0 Å². The second kappa shape index (κ2) is 7.68. The van der Waals surface area contributed by atoms with Crippen molar-refractivity contribution in [1.29, 1.82) is 0 Å². The molecule has 0 unspecified atom stereocenters. The molecule has 1 aromatic heterocycles. The molecule has 1 amide bonds. The van der Waals surface area contributed by atoms with Gasteiger partial charge < -0.3 is 9.47 Å². The van der Waals surface area contributed by atoms with Crippen molar-refractivity contribution in [2.24, 2.45) is 11.8 Å². The molecule has 1 aliphatic heterocycles. The van der Waals surface area contributed by atoms with E-state index in [1.807, 2.05) is 30.6 Å². The SMILES string of the molecule is O=C(C1CC1)N1CC[C@@H](Cn2ccnc2-c2ccc(-c3cccc(Cl)c3)cc2)C1. The average Bonchev–Trinajstić information content (AvgIpc) is 3.32. The Morgan fingerprint density at radius 1 is 1.03 bits per heavy atom. The van der Waals surface area contributed by atoms with Gasteiger partial charge in [-0.3, -0.25) is 4.79 Å². The predicted octanol–water partition coefficient (Wildman–Crippen LogP) is 5.13. The fourth-order valence-corrected chi connectivity index (χ4v) is 4.44. The molecule has 148 valence electrons. The van der Waals surface area contributed by atoms with Gasteiger partial charge >= 0.3 is 0 Å². The lowest BCUT2D eigenvalue weighted by atomic mass is 10.0. The standard InChI is InChI=1S/C24H24ClN3O/c25-22-3-1-2-21(14-22)18-4-6-19(7-5-18)23-26-11-13-27(23)15-17-10-12-28(16-17)24(29)20-8-9-20/h1-7,11,13-14,17,20H,8-10,12,15-16H2/t17-/m0/s1. The van der Waals surface area contributed by atoms with Crippen LogP contribution in [0.5, 0.6) is 0 Å². The van der Waals surface area contributed by atoms with E-state index in [0.717, 1.165) is 66.4 Å². The monoisotopic (exact) mass is 405 g/mol. The third-order valence-corrected chi connectivity index (χ3v) is 6.23. The van der Waals surface area contributed by atoms with Crippen LogP contribution in [0.3, 0.4) is 0 Å². The van der Waals surface area contributed by atoms with Gasteiger partial charge in [0, 0.05) is 48.5 Å². The van der Waals surface area contributed by atoms with E-state index in [4.69, 9.17) is 11.6 Å². The van der Waals surface area contributed by atoms with Crippen LogP contribution in [0.15, 0.2) is 60.9 Å². The summed E-state index contributed by atoms with van der Waals surface area (Å²) in [6.07, 6.45) is 7.14. The molecule has 0 spiro atoms. The Labute approximate surface area is 176 Å². The number of hydrogen-bond acceptors (Lipinski definition) is 2. The van der Waals surface area contributed by atoms with Crippen LogP contribution in [0, 0.1) is 11.8 Å². The number of hydrogen-bond donors (Lipinski definition) is 0. The van der Waals surface area contributed by atoms with Crippen molar-refractivity contribution in [3.05, 3.63) is 65.9 Å². The summed E-state index contributed by atoms with van der Waals surface area (Å²) in [4.78, 5) is 19.0. The van der Waals surface area contributed by atoms with Crippen LogP contribution in [0.2, 0.25) is 5.02 Å². The van der Waals surface area contributed by atoms with Crippen molar-refractivity contribution >= 4 is 17.5 Å². The van der Waals surface area contributed by atoms with Gasteiger partial charge in [0.05, 0.1) is 0 Å². The lowest BCUT2D eigenvalue weighted by Gasteiger charge is -2.17. The van der Waals surface area contributed by atoms with Crippen LogP contribution in [0.4, 0.5) is 0 Å². The third kappa shape index (κ3) is 3.95. The van der Waals surface area contributed by atoms with E-state index in [1.54, 1.807) is 0 Å². The summed E-state index contributed by atoms with van der Waals surface area (Å²) in [6.45, 7) is 2.68. The molecule has 5 heteroatoms. The summed E-state index contributed by atoms with van der Waals surface area (Å²) in [5.41, 5.74) is 3.35. The lowest BCUT2D eigenvalue weighted by Crippen LogP contribution is -2.30. The number of halogens is 1. The van der Waals surface area contributed by atoms with E-state index in [2.05, 4.69) is 44.8 Å². The molecule has 1 saturated heterocycles. The predicted molar refractivity (Wildman–Crippen MR) is 116 cm³/mol. The fraction of sp³-hybridized carbons (Fsp3) is 0.333. The number of benzene rings is 2. The summed E-state index contributed by atoms with van der Waals surface area (Å²) in [5.74, 6) is 2.16. The number of carbonyl (C=O) groups excluding carboxylic acids is 1. The quantitative estimate of drug-likeness (QED) is 0.590. The average molecular weight is 406 g/mol. The van der Waals surface area contributed by atoms with Crippen molar-refractivity contribution in [1.82, 2.24) is 14.5 Å². The number of nitrogens with zero attached hydrogens (tertiary/aromatic N) is 3. The Morgan fingerprint density at radius 3 is 2.59 bits per heavy atom. The molecule has 0 radical (unpaired) electrons. The molecule has 2 heterocycles. The van der Waals surface area contributed by atoms with Crippen LogP contribution in [0.1, 0.15) is 19.3 Å². The van der Waals surface area contributed by atoms with E-state index in [-0.39, 0.29) is 0 Å². The van der Waals surface area contributed by atoms with Gasteiger partial charge in [0.1, 0.15) is 5.82 Å². The zero-order chi connectivity index (χ0) is 19.8. The van der Waals surface area contributed by atoms with Gasteiger partial charge in [-0.1, -0.05) is 48.0 Å². The minimum absolute atomic E-state index is 0.315. The molecule has 0 N–H and O–H groups in total. The highest BCUT2D eigenvalue weighted by Gasteiger charge is 2.36. The lowest BCUT2D eigenvalue weighted by molar-refractivity contribution is -0.131. The Kier molecular flexibility index (Phi) is 4.88. The minimum atomic E-state index is 0.315. The Morgan fingerprint density at radius 2 is 1.83 bits per heavy atom. The molecule has 2 aliphatic rings. The molecule has 0 bridgehead atoms. The number of imidazole rings is 1. The zero-order valence-electron chi connectivity index (χ0n) is 16.3. The maximum atomic E-state index is 12.3. The Balaban J connectivity index is 1.29. The van der Waals surface area contributed by atoms with Crippen molar-refractivity contribution in [2.75, 3.05) is 13.1 Å². The van der Waals surface area contributed by atoms with E-state index in [9.17, 15) is 4.79 Å². The van der Waals surface area contributed by atoms with Crippen molar-refractivity contribution in [3.63, 3.8) is 0 Å². The van der Waals surface area contributed by atoms with Gasteiger partial charge in [-0.05, 0) is 48.4 Å². The number of rotatable bonds is 5. The Bertz CT molecular complexity index is 1020. The minimum Gasteiger partial charge on any atom is -0.342 e. The summed E-state index contributed by atoms with van der Waals surface area (Å²) in [5, 5.41) is 0.743. The van der Waals surface area contributed by atoms with Crippen LogP contribution >= 0.6 is 11.6 Å². The largest absolute Gasteiger partial charge is 0.342 e. The fourth-order valence-electron chi connectivity index (χ4n) is 4.25. The molecule has 2 aromatic carbocycles. The van der Waals surface area contributed by atoms with E-state index < -0.39 is 0 Å². The van der Waals surface area contributed by atoms with Crippen LogP contribution in [-0.4, -0.2) is 33.4 Å². The Hall–Kier alpha value is -2.59. The molecular weight excluding hydrogens is 382 g/mol. The van der Waals surface area contributed by atoms with E-state index >= 15 is 0 Å². The van der Waals surface area contributed by atoms with Crippen LogP contribution < -0.4 is 0 Å². The first-order valence-electron chi connectivity index (χ1n) is 10.3. The van der Waals surface area contributed by atoms with Crippen molar-refractivity contribution < 1.29 is 4.79 Å². The molecule has 2 fully saturated rings. The summed E-state index contributed by atoms with van der Waals surface area (Å²) in [7, 11) is 0. The maximum absolute atomic E-state index is 12.3. The zero-order valence-corrected chi connectivity index (χ0v) is 17.1. The molecule has 1 atom stereocenters. The second-order valence-corrected chi connectivity index (χ2v) is 8.64. The van der Waals surface area contributed by atoms with Gasteiger partial charge in [-0.25, -0.2) is 4.98 Å². The highest BCUT2D eigenvalue weighted by molar-refractivity contribution is 6.30. The van der Waals surface area contributed by atoms with Gasteiger partial charge in [0.2, 0.25) is 5.91 Å². The van der Waals surface area contributed by atoms with Gasteiger partial charge in [-0.15, -0.1) is 0 Å². The smallest absolute Gasteiger partial charge is 0.225 e. The third-order valence-electron chi connectivity index (χ3n) is 6.00. The number of amides is 1. The number of carbonyl (C=O) groups is 1. The molecule has 1 saturated carbocycles. The van der Waals surface area contributed by atoms with Crippen LogP contribution in [0.25, 0.3) is 22.5 Å². The normalized spacial score (nSPS) is 18.9. The first-order valence-corrected chi connectivity index (χ1v) is 10.7. The molecule has 1 aliphatic carbocycles. The van der Waals surface area contributed by atoms with Gasteiger partial charge in [0.25, 0.3) is 0 Å². The molecular formula is C24H24ClN3O. The molecule has 5 rings (SSSR count). The molecule has 3 aromatic rings. The summed E-state index contributed by atoms with van der Waals surface area (Å²) >= 11 is 6.12.